The molecule has 0 aromatic heterocycles. The molecule has 0 saturated heterocycles. The fourth-order valence-corrected chi connectivity index (χ4v) is 0.462. The van der Waals surface area contributed by atoms with Crippen LogP contribution in [-0.2, 0) is 0 Å². The molecule has 0 radical (unpaired) electrons. The highest BCUT2D eigenvalue weighted by molar-refractivity contribution is 4.59. The average Bonchev–Trinajstić information content (AvgIpc) is 1.59. The van der Waals surface area contributed by atoms with Gasteiger partial charge in [0.05, 0.1) is 6.10 Å². The second kappa shape index (κ2) is 3.11. The number of rotatable bonds is 3. The first-order chi connectivity index (χ1) is 3.92. The Morgan fingerprint density at radius 1 is 1.56 bits per heavy atom. The van der Waals surface area contributed by atoms with E-state index in [1.165, 1.54) is 6.92 Å². The Bertz CT molecular complexity index is 75.6. The molecule has 3 heteroatoms. The molecule has 0 aromatic carbocycles. The van der Waals surface area contributed by atoms with Crippen molar-refractivity contribution in [2.75, 3.05) is 0 Å². The molecule has 0 rings (SSSR count). The monoisotopic (exact) mass is 138 g/mol. The molecule has 0 unspecified atom stereocenters. The van der Waals surface area contributed by atoms with E-state index in [-0.39, 0.29) is 12.8 Å². The Labute approximate surface area is 53.7 Å². The van der Waals surface area contributed by atoms with E-state index < -0.39 is 12.0 Å². The standard InChI is InChI=1S/C6H12F2O/c1-5(9)3-4-6(2,7)8/h5,9H,3-4H2,1-2H3/t5-/m1/s1. The van der Waals surface area contributed by atoms with Crippen LogP contribution in [0.4, 0.5) is 8.78 Å². The van der Waals surface area contributed by atoms with Gasteiger partial charge in [-0.2, -0.15) is 0 Å². The zero-order valence-electron chi connectivity index (χ0n) is 5.69. The predicted octanol–water partition coefficient (Wildman–Crippen LogP) is 1.80. The summed E-state index contributed by atoms with van der Waals surface area (Å²) in [6.45, 7) is 2.36. The summed E-state index contributed by atoms with van der Waals surface area (Å²) in [7, 11) is 0. The number of aliphatic hydroxyl groups excluding tert-OH is 1. The van der Waals surface area contributed by atoms with Crippen LogP contribution in [0.2, 0.25) is 0 Å². The second-order valence-electron chi connectivity index (χ2n) is 2.46. The van der Waals surface area contributed by atoms with Gasteiger partial charge in [-0.25, -0.2) is 8.78 Å². The number of halogens is 2. The lowest BCUT2D eigenvalue weighted by atomic mass is 10.1. The maximum atomic E-state index is 12.0. The molecule has 0 heterocycles. The van der Waals surface area contributed by atoms with Crippen molar-refractivity contribution < 1.29 is 13.9 Å². The largest absolute Gasteiger partial charge is 0.393 e. The van der Waals surface area contributed by atoms with Gasteiger partial charge in [-0.1, -0.05) is 0 Å². The molecule has 0 saturated carbocycles. The first-order valence-electron chi connectivity index (χ1n) is 2.98. The van der Waals surface area contributed by atoms with Crippen molar-refractivity contribution in [3.63, 3.8) is 0 Å². The summed E-state index contributed by atoms with van der Waals surface area (Å²) in [5.74, 6) is -2.63. The molecule has 0 fully saturated rings. The highest BCUT2D eigenvalue weighted by Crippen LogP contribution is 2.19. The topological polar surface area (TPSA) is 20.2 Å². The van der Waals surface area contributed by atoms with Crippen molar-refractivity contribution in [1.29, 1.82) is 0 Å². The van der Waals surface area contributed by atoms with Crippen molar-refractivity contribution in [1.82, 2.24) is 0 Å². The molecule has 56 valence electrons. The minimum absolute atomic E-state index is 0.170. The molecular weight excluding hydrogens is 126 g/mol. The maximum absolute atomic E-state index is 12.0. The minimum Gasteiger partial charge on any atom is -0.393 e. The normalized spacial score (nSPS) is 15.7. The Morgan fingerprint density at radius 2 is 2.00 bits per heavy atom. The van der Waals surface area contributed by atoms with Gasteiger partial charge in [-0.3, -0.25) is 0 Å². The highest BCUT2D eigenvalue weighted by Gasteiger charge is 2.20. The quantitative estimate of drug-likeness (QED) is 0.630. The SMILES string of the molecule is C[C@@H](O)CCC(C)(F)F. The Hall–Kier alpha value is -0.180. The maximum Gasteiger partial charge on any atom is 0.245 e. The Balaban J connectivity index is 3.28. The molecular formula is C6H12F2O. The third kappa shape index (κ3) is 7.82. The van der Waals surface area contributed by atoms with Crippen LogP contribution in [0.15, 0.2) is 0 Å². The molecule has 9 heavy (non-hydrogen) atoms. The average molecular weight is 138 g/mol. The van der Waals surface area contributed by atoms with Crippen molar-refractivity contribution in [3.05, 3.63) is 0 Å². The summed E-state index contributed by atoms with van der Waals surface area (Å²) in [5.41, 5.74) is 0. The van der Waals surface area contributed by atoms with E-state index in [1.807, 2.05) is 0 Å². The second-order valence-corrected chi connectivity index (χ2v) is 2.46. The summed E-state index contributed by atoms with van der Waals surface area (Å²) in [6, 6.07) is 0. The van der Waals surface area contributed by atoms with E-state index in [9.17, 15) is 8.78 Å². The van der Waals surface area contributed by atoms with Gasteiger partial charge >= 0.3 is 0 Å². The van der Waals surface area contributed by atoms with Crippen molar-refractivity contribution in [2.45, 2.75) is 38.7 Å². The zero-order chi connectivity index (χ0) is 7.49. The molecule has 0 bridgehead atoms. The van der Waals surface area contributed by atoms with E-state index in [0.29, 0.717) is 0 Å². The van der Waals surface area contributed by atoms with Gasteiger partial charge in [-0.15, -0.1) is 0 Å². The molecule has 0 aliphatic rings. The van der Waals surface area contributed by atoms with Crippen LogP contribution in [0.5, 0.6) is 0 Å². The number of hydrogen-bond acceptors (Lipinski definition) is 1. The van der Waals surface area contributed by atoms with E-state index >= 15 is 0 Å². The molecule has 0 amide bonds. The van der Waals surface area contributed by atoms with Gasteiger partial charge in [0.15, 0.2) is 0 Å². The molecule has 0 spiro atoms. The molecule has 0 aliphatic carbocycles. The highest BCUT2D eigenvalue weighted by atomic mass is 19.3. The molecule has 0 aromatic rings. The van der Waals surface area contributed by atoms with Crippen LogP contribution >= 0.6 is 0 Å². The first-order valence-corrected chi connectivity index (χ1v) is 2.98. The van der Waals surface area contributed by atoms with Crippen LogP contribution in [0.1, 0.15) is 26.7 Å². The number of alkyl halides is 2. The van der Waals surface area contributed by atoms with Gasteiger partial charge < -0.3 is 5.11 Å². The van der Waals surface area contributed by atoms with E-state index in [1.54, 1.807) is 0 Å². The molecule has 1 nitrogen and oxygen atoms in total. The van der Waals surface area contributed by atoms with Crippen molar-refractivity contribution in [2.24, 2.45) is 0 Å². The van der Waals surface area contributed by atoms with Crippen LogP contribution in [0.3, 0.4) is 0 Å². The summed E-state index contributed by atoms with van der Waals surface area (Å²) >= 11 is 0. The lowest BCUT2D eigenvalue weighted by Crippen LogP contribution is -2.13. The van der Waals surface area contributed by atoms with E-state index in [0.717, 1.165) is 6.92 Å². The van der Waals surface area contributed by atoms with Gasteiger partial charge in [0.1, 0.15) is 0 Å². The lowest BCUT2D eigenvalue weighted by Gasteiger charge is -2.10. The van der Waals surface area contributed by atoms with E-state index in [4.69, 9.17) is 5.11 Å². The van der Waals surface area contributed by atoms with E-state index in [2.05, 4.69) is 0 Å². The summed E-state index contributed by atoms with van der Waals surface area (Å²) < 4.78 is 23.9. The summed E-state index contributed by atoms with van der Waals surface area (Å²) in [4.78, 5) is 0. The van der Waals surface area contributed by atoms with Gasteiger partial charge in [-0.05, 0) is 20.3 Å². The van der Waals surface area contributed by atoms with Gasteiger partial charge in [0, 0.05) is 6.42 Å². The molecule has 0 aliphatic heterocycles. The number of hydrogen-bond donors (Lipinski definition) is 1. The third-order valence-corrected chi connectivity index (χ3v) is 1.00. The Morgan fingerprint density at radius 3 is 2.11 bits per heavy atom. The van der Waals surface area contributed by atoms with Gasteiger partial charge in [0.2, 0.25) is 5.92 Å². The fourth-order valence-electron chi connectivity index (χ4n) is 0.462. The van der Waals surface area contributed by atoms with Crippen LogP contribution in [-0.4, -0.2) is 17.1 Å². The third-order valence-electron chi connectivity index (χ3n) is 1.00. The predicted molar refractivity (Wildman–Crippen MR) is 31.5 cm³/mol. The Kier molecular flexibility index (Phi) is 3.04. The first kappa shape index (κ1) is 8.82. The van der Waals surface area contributed by atoms with Crippen molar-refractivity contribution in [3.8, 4) is 0 Å². The van der Waals surface area contributed by atoms with Crippen LogP contribution < -0.4 is 0 Å². The van der Waals surface area contributed by atoms with Crippen molar-refractivity contribution >= 4 is 0 Å². The fraction of sp³-hybridized carbons (Fsp3) is 1.00. The summed E-state index contributed by atoms with van der Waals surface area (Å²) in [5, 5.41) is 8.58. The minimum atomic E-state index is -2.63. The van der Waals surface area contributed by atoms with Crippen LogP contribution in [0, 0.1) is 0 Å². The summed E-state index contributed by atoms with van der Waals surface area (Å²) in [6.07, 6.45) is -0.676. The zero-order valence-corrected chi connectivity index (χ0v) is 5.69. The van der Waals surface area contributed by atoms with Crippen LogP contribution in [0.25, 0.3) is 0 Å². The van der Waals surface area contributed by atoms with Gasteiger partial charge in [0.25, 0.3) is 0 Å². The molecule has 1 N–H and O–H groups in total. The number of aliphatic hydroxyl groups is 1. The smallest absolute Gasteiger partial charge is 0.245 e. The lowest BCUT2D eigenvalue weighted by molar-refractivity contribution is -0.000226. The molecule has 1 atom stereocenters.